The first-order valence-corrected chi connectivity index (χ1v) is 7.60. The summed E-state index contributed by atoms with van der Waals surface area (Å²) in [6.07, 6.45) is 5.87. The number of aromatic nitrogens is 3. The van der Waals surface area contributed by atoms with Crippen molar-refractivity contribution in [1.29, 1.82) is 0 Å². The predicted octanol–water partition coefficient (Wildman–Crippen LogP) is 2.14. The Morgan fingerprint density at radius 1 is 1.32 bits per heavy atom. The molecule has 4 rings (SSSR count). The number of pyridine rings is 1. The van der Waals surface area contributed by atoms with Gasteiger partial charge in [0, 0.05) is 31.4 Å². The van der Waals surface area contributed by atoms with Crippen LogP contribution >= 0.6 is 15.9 Å². The molecule has 1 atom stereocenters. The maximum absolute atomic E-state index is 4.54. The number of likely N-dealkylation sites (tertiary alicyclic amines) is 1. The molecule has 100 valence electrons. The molecule has 0 bridgehead atoms. The average molecular weight is 322 g/mol. The molecule has 1 unspecified atom stereocenters. The normalized spacial score (nSPS) is 24.2. The molecule has 0 radical (unpaired) electrons. The quantitative estimate of drug-likeness (QED) is 0.940. The third-order valence-electron chi connectivity index (χ3n) is 3.93. The minimum absolute atomic E-state index is 0.483. The molecule has 1 saturated heterocycles. The summed E-state index contributed by atoms with van der Waals surface area (Å²) in [5.74, 6) is 0.731. The van der Waals surface area contributed by atoms with Crippen LogP contribution in [-0.2, 0) is 0 Å². The van der Waals surface area contributed by atoms with Crippen LogP contribution in [0.25, 0.3) is 5.65 Å². The zero-order chi connectivity index (χ0) is 12.8. The first-order valence-electron chi connectivity index (χ1n) is 6.81. The zero-order valence-corrected chi connectivity index (χ0v) is 12.2. The van der Waals surface area contributed by atoms with Crippen molar-refractivity contribution in [1.82, 2.24) is 19.5 Å². The number of nitrogens with one attached hydrogen (secondary N) is 1. The fraction of sp³-hybridized carbons (Fsp3) is 0.538. The van der Waals surface area contributed by atoms with E-state index in [-0.39, 0.29) is 0 Å². The molecular weight excluding hydrogens is 306 g/mol. The Morgan fingerprint density at radius 2 is 2.21 bits per heavy atom. The van der Waals surface area contributed by atoms with Gasteiger partial charge < -0.3 is 5.32 Å². The van der Waals surface area contributed by atoms with Crippen molar-refractivity contribution in [3.8, 4) is 0 Å². The molecule has 1 aliphatic heterocycles. The van der Waals surface area contributed by atoms with Gasteiger partial charge in [0.25, 0.3) is 0 Å². The first kappa shape index (κ1) is 11.7. The number of halogens is 1. The molecule has 5 nitrogen and oxygen atoms in total. The Morgan fingerprint density at radius 3 is 3.00 bits per heavy atom. The van der Waals surface area contributed by atoms with E-state index in [0.717, 1.165) is 28.7 Å². The largest absolute Gasteiger partial charge is 0.349 e. The van der Waals surface area contributed by atoms with E-state index in [1.165, 1.54) is 25.8 Å². The van der Waals surface area contributed by atoms with E-state index in [4.69, 9.17) is 0 Å². The van der Waals surface area contributed by atoms with Crippen molar-refractivity contribution in [3.05, 3.63) is 22.8 Å². The van der Waals surface area contributed by atoms with Gasteiger partial charge in [0.1, 0.15) is 0 Å². The summed E-state index contributed by atoms with van der Waals surface area (Å²) in [5.41, 5.74) is 0.863. The van der Waals surface area contributed by atoms with Crippen molar-refractivity contribution in [3.63, 3.8) is 0 Å². The molecule has 0 spiro atoms. The summed E-state index contributed by atoms with van der Waals surface area (Å²) < 4.78 is 2.78. The van der Waals surface area contributed by atoms with Crippen LogP contribution in [0.5, 0.6) is 0 Å². The van der Waals surface area contributed by atoms with Crippen molar-refractivity contribution < 1.29 is 0 Å². The summed E-state index contributed by atoms with van der Waals surface area (Å²) in [6.45, 7) is 2.33. The molecule has 1 aliphatic carbocycles. The van der Waals surface area contributed by atoms with E-state index in [1.54, 1.807) is 4.52 Å². The van der Waals surface area contributed by atoms with E-state index in [1.807, 2.05) is 18.3 Å². The minimum atomic E-state index is 0.483. The number of anilines is 1. The smallest absolute Gasteiger partial charge is 0.243 e. The zero-order valence-electron chi connectivity index (χ0n) is 10.6. The Balaban J connectivity index is 1.50. The summed E-state index contributed by atoms with van der Waals surface area (Å²) in [4.78, 5) is 7.12. The number of hydrogen-bond donors (Lipinski definition) is 1. The summed E-state index contributed by atoms with van der Waals surface area (Å²) >= 11 is 3.50. The Bertz CT molecular complexity index is 606. The molecule has 6 heteroatoms. The summed E-state index contributed by atoms with van der Waals surface area (Å²) in [7, 11) is 0. The number of rotatable bonds is 3. The molecule has 0 aromatic carbocycles. The second-order valence-electron chi connectivity index (χ2n) is 5.42. The van der Waals surface area contributed by atoms with Gasteiger partial charge in [-0.05, 0) is 47.3 Å². The molecule has 1 N–H and O–H groups in total. The fourth-order valence-electron chi connectivity index (χ4n) is 2.79. The summed E-state index contributed by atoms with van der Waals surface area (Å²) in [6, 6.07) is 5.28. The van der Waals surface area contributed by atoms with E-state index >= 15 is 0 Å². The van der Waals surface area contributed by atoms with Gasteiger partial charge in [-0.15, -0.1) is 5.10 Å². The van der Waals surface area contributed by atoms with Gasteiger partial charge in [0.15, 0.2) is 5.65 Å². The Kier molecular flexibility index (Phi) is 2.73. The summed E-state index contributed by atoms with van der Waals surface area (Å²) in [5, 5.41) is 7.93. The van der Waals surface area contributed by atoms with Gasteiger partial charge in [0.05, 0.1) is 4.47 Å². The highest BCUT2D eigenvalue weighted by Gasteiger charge is 2.34. The third kappa shape index (κ3) is 2.23. The number of fused-ring (bicyclic) bond motifs is 1. The second kappa shape index (κ2) is 4.45. The first-order chi connectivity index (χ1) is 9.29. The van der Waals surface area contributed by atoms with Crippen molar-refractivity contribution >= 4 is 27.5 Å². The van der Waals surface area contributed by atoms with Crippen molar-refractivity contribution in [2.75, 3.05) is 18.4 Å². The lowest BCUT2D eigenvalue weighted by Gasteiger charge is -2.14. The number of hydrogen-bond acceptors (Lipinski definition) is 4. The van der Waals surface area contributed by atoms with Gasteiger partial charge in [-0.3, -0.25) is 4.90 Å². The van der Waals surface area contributed by atoms with Gasteiger partial charge in [-0.1, -0.05) is 0 Å². The minimum Gasteiger partial charge on any atom is -0.349 e. The molecule has 19 heavy (non-hydrogen) atoms. The highest BCUT2D eigenvalue weighted by Crippen LogP contribution is 2.30. The third-order valence-corrected chi connectivity index (χ3v) is 4.55. The highest BCUT2D eigenvalue weighted by atomic mass is 79.9. The van der Waals surface area contributed by atoms with Crippen LogP contribution in [0.15, 0.2) is 22.8 Å². The lowest BCUT2D eigenvalue weighted by molar-refractivity contribution is 0.326. The Hall–Kier alpha value is -1.14. The molecular formula is C13H16BrN5. The van der Waals surface area contributed by atoms with Gasteiger partial charge in [0.2, 0.25) is 5.95 Å². The molecule has 0 amide bonds. The molecule has 2 aliphatic rings. The van der Waals surface area contributed by atoms with Gasteiger partial charge >= 0.3 is 0 Å². The van der Waals surface area contributed by atoms with Crippen LogP contribution in [0.2, 0.25) is 0 Å². The fourth-order valence-corrected chi connectivity index (χ4v) is 3.22. The van der Waals surface area contributed by atoms with E-state index < -0.39 is 0 Å². The van der Waals surface area contributed by atoms with Gasteiger partial charge in [-0.25, -0.2) is 4.52 Å². The van der Waals surface area contributed by atoms with Crippen LogP contribution in [0, 0.1) is 0 Å². The SMILES string of the molecule is Brc1cccn2nc(NC3CCN(C4CC4)C3)nc12. The van der Waals surface area contributed by atoms with Crippen molar-refractivity contribution in [2.45, 2.75) is 31.3 Å². The van der Waals surface area contributed by atoms with Crippen molar-refractivity contribution in [2.24, 2.45) is 0 Å². The average Bonchev–Trinajstić information content (AvgIpc) is 3.00. The molecule has 3 heterocycles. The molecule has 1 saturated carbocycles. The van der Waals surface area contributed by atoms with Crippen LogP contribution < -0.4 is 5.32 Å². The lowest BCUT2D eigenvalue weighted by Crippen LogP contribution is -2.28. The molecule has 2 fully saturated rings. The van der Waals surface area contributed by atoms with Crippen LogP contribution in [0.1, 0.15) is 19.3 Å². The van der Waals surface area contributed by atoms with Gasteiger partial charge in [-0.2, -0.15) is 4.98 Å². The number of nitrogens with zero attached hydrogens (tertiary/aromatic N) is 4. The second-order valence-corrected chi connectivity index (χ2v) is 6.27. The predicted molar refractivity (Wildman–Crippen MR) is 77.3 cm³/mol. The maximum Gasteiger partial charge on any atom is 0.243 e. The lowest BCUT2D eigenvalue weighted by atomic mass is 10.3. The van der Waals surface area contributed by atoms with E-state index in [9.17, 15) is 0 Å². The van der Waals surface area contributed by atoms with Crippen LogP contribution in [-0.4, -0.2) is 44.7 Å². The topological polar surface area (TPSA) is 45.5 Å². The Labute approximate surface area is 120 Å². The van der Waals surface area contributed by atoms with Crippen LogP contribution in [0.3, 0.4) is 0 Å². The van der Waals surface area contributed by atoms with Crippen LogP contribution in [0.4, 0.5) is 5.95 Å². The maximum atomic E-state index is 4.54. The van der Waals surface area contributed by atoms with E-state index in [0.29, 0.717) is 6.04 Å². The highest BCUT2D eigenvalue weighted by molar-refractivity contribution is 9.10. The van der Waals surface area contributed by atoms with E-state index in [2.05, 4.69) is 36.2 Å². The monoisotopic (exact) mass is 321 g/mol. The molecule has 2 aromatic rings. The molecule has 2 aromatic heterocycles. The standard InChI is InChI=1S/C13H16BrN5/c14-11-2-1-6-19-12(11)16-13(17-19)15-9-5-7-18(8-9)10-3-4-10/h1-2,6,9-10H,3-5,7-8H2,(H,15,17).